The number of furan rings is 1. The normalized spacial score (nSPS) is 17.6. The van der Waals surface area contributed by atoms with E-state index in [0.717, 1.165) is 10.0 Å². The molecule has 1 saturated heterocycles. The number of hydrogen-bond acceptors (Lipinski definition) is 6. The summed E-state index contributed by atoms with van der Waals surface area (Å²) in [6.45, 7) is 1.87. The van der Waals surface area contributed by atoms with Crippen molar-refractivity contribution in [2.45, 2.75) is 13.0 Å². The number of rotatable bonds is 5. The highest BCUT2D eigenvalue weighted by Crippen LogP contribution is 2.44. The molecular formula is C24H20BrNO6. The van der Waals surface area contributed by atoms with Gasteiger partial charge in [-0.25, -0.2) is 0 Å². The molecule has 0 spiro atoms. The summed E-state index contributed by atoms with van der Waals surface area (Å²) in [5.74, 6) is -0.659. The summed E-state index contributed by atoms with van der Waals surface area (Å²) < 4.78 is 17.1. The summed E-state index contributed by atoms with van der Waals surface area (Å²) in [6, 6.07) is 12.4. The fourth-order valence-electron chi connectivity index (χ4n) is 3.69. The summed E-state index contributed by atoms with van der Waals surface area (Å²) in [6.07, 6.45) is 1.45. The monoisotopic (exact) mass is 497 g/mol. The molecule has 0 saturated carbocycles. The minimum Gasteiger partial charge on any atom is -0.507 e. The number of ether oxygens (including phenoxy) is 2. The molecule has 4 rings (SSSR count). The van der Waals surface area contributed by atoms with Crippen molar-refractivity contribution in [1.29, 1.82) is 0 Å². The van der Waals surface area contributed by atoms with Crippen molar-refractivity contribution in [3.8, 4) is 11.5 Å². The van der Waals surface area contributed by atoms with Crippen LogP contribution in [-0.2, 0) is 9.59 Å². The van der Waals surface area contributed by atoms with Gasteiger partial charge in [-0.1, -0.05) is 22.0 Å². The van der Waals surface area contributed by atoms with Gasteiger partial charge in [0.2, 0.25) is 0 Å². The Labute approximate surface area is 193 Å². The van der Waals surface area contributed by atoms with Crippen LogP contribution >= 0.6 is 15.9 Å². The Balaban J connectivity index is 1.94. The van der Waals surface area contributed by atoms with Crippen molar-refractivity contribution in [2.24, 2.45) is 0 Å². The van der Waals surface area contributed by atoms with Crippen LogP contribution in [0.25, 0.3) is 5.76 Å². The molecule has 1 amide bonds. The Kier molecular flexibility index (Phi) is 5.80. The van der Waals surface area contributed by atoms with Crippen molar-refractivity contribution >= 4 is 39.1 Å². The fraction of sp³-hybridized carbons (Fsp3) is 0.167. The largest absolute Gasteiger partial charge is 0.507 e. The van der Waals surface area contributed by atoms with E-state index in [1.165, 1.54) is 25.4 Å². The number of ketones is 1. The second kappa shape index (κ2) is 8.55. The number of aliphatic hydroxyl groups is 1. The first kappa shape index (κ1) is 21.7. The number of hydrogen-bond donors (Lipinski definition) is 1. The number of amides is 1. The minimum atomic E-state index is -0.967. The summed E-state index contributed by atoms with van der Waals surface area (Å²) in [5, 5.41) is 11.1. The third-order valence-electron chi connectivity index (χ3n) is 5.30. The van der Waals surface area contributed by atoms with Gasteiger partial charge in [0.15, 0.2) is 0 Å². The van der Waals surface area contributed by atoms with Gasteiger partial charge in [0.1, 0.15) is 29.1 Å². The second-order valence-electron chi connectivity index (χ2n) is 7.22. The summed E-state index contributed by atoms with van der Waals surface area (Å²) in [5.41, 5.74) is 1.60. The first-order valence-electron chi connectivity index (χ1n) is 9.69. The summed E-state index contributed by atoms with van der Waals surface area (Å²) >= 11 is 3.43. The van der Waals surface area contributed by atoms with Crippen LogP contribution in [0.1, 0.15) is 22.9 Å². The number of carbonyl (C=O) groups is 2. The average Bonchev–Trinajstić information content (AvgIpc) is 3.41. The maximum atomic E-state index is 13.2. The number of benzene rings is 2. The standard InChI is InChI=1S/C24H20BrNO6/c1-13-9-14(6-7-18(13)25)22(27)20-21(19-5-4-8-32-19)26(24(29)23(20)28)15-10-16(30-2)12-17(11-15)31-3/h4-12,21,27H,1-3H3/b22-20-. The van der Waals surface area contributed by atoms with E-state index in [2.05, 4.69) is 15.9 Å². The van der Waals surface area contributed by atoms with Crippen LogP contribution in [0.3, 0.4) is 0 Å². The van der Waals surface area contributed by atoms with Gasteiger partial charge >= 0.3 is 0 Å². The Morgan fingerprint density at radius 2 is 1.75 bits per heavy atom. The summed E-state index contributed by atoms with van der Waals surface area (Å²) in [7, 11) is 2.99. The zero-order valence-corrected chi connectivity index (χ0v) is 19.2. The number of methoxy groups -OCH3 is 2. The molecule has 0 bridgehead atoms. The highest BCUT2D eigenvalue weighted by Gasteiger charge is 2.48. The number of anilines is 1. The van der Waals surface area contributed by atoms with Crippen LogP contribution in [0.4, 0.5) is 5.69 Å². The topological polar surface area (TPSA) is 89.2 Å². The maximum absolute atomic E-state index is 13.2. The lowest BCUT2D eigenvalue weighted by Crippen LogP contribution is -2.29. The lowest BCUT2D eigenvalue weighted by molar-refractivity contribution is -0.132. The third-order valence-corrected chi connectivity index (χ3v) is 6.19. The van der Waals surface area contributed by atoms with Crippen molar-refractivity contribution in [1.82, 2.24) is 0 Å². The van der Waals surface area contributed by atoms with Gasteiger partial charge in [-0.3, -0.25) is 14.5 Å². The molecule has 1 N–H and O–H groups in total. The Bertz CT molecular complexity index is 1210. The molecule has 1 unspecified atom stereocenters. The van der Waals surface area contributed by atoms with Crippen LogP contribution in [0, 0.1) is 6.92 Å². The number of halogens is 1. The lowest BCUT2D eigenvalue weighted by atomic mass is 9.98. The number of aliphatic hydroxyl groups excluding tert-OH is 1. The van der Waals surface area contributed by atoms with Gasteiger partial charge in [-0.05, 0) is 36.8 Å². The van der Waals surface area contributed by atoms with Crippen molar-refractivity contribution < 1.29 is 28.6 Å². The molecule has 1 fully saturated rings. The molecule has 0 aliphatic carbocycles. The molecule has 2 aromatic carbocycles. The van der Waals surface area contributed by atoms with E-state index in [-0.39, 0.29) is 11.3 Å². The van der Waals surface area contributed by atoms with Crippen molar-refractivity contribution in [2.75, 3.05) is 19.1 Å². The molecule has 2 heterocycles. The van der Waals surface area contributed by atoms with Crippen LogP contribution in [0.2, 0.25) is 0 Å². The van der Waals surface area contributed by atoms with Gasteiger partial charge in [-0.2, -0.15) is 0 Å². The van der Waals surface area contributed by atoms with Gasteiger partial charge in [0.25, 0.3) is 11.7 Å². The molecular weight excluding hydrogens is 478 g/mol. The maximum Gasteiger partial charge on any atom is 0.300 e. The number of Topliss-reactive ketones (excluding diaryl/α,β-unsaturated/α-hetero) is 1. The minimum absolute atomic E-state index is 0.0616. The predicted octanol–water partition coefficient (Wildman–Crippen LogP) is 4.99. The van der Waals surface area contributed by atoms with Gasteiger partial charge in [0, 0.05) is 28.2 Å². The zero-order chi connectivity index (χ0) is 23.0. The van der Waals surface area contributed by atoms with Gasteiger partial charge in [0.05, 0.1) is 31.7 Å². The van der Waals surface area contributed by atoms with E-state index >= 15 is 0 Å². The van der Waals surface area contributed by atoms with E-state index in [1.54, 1.807) is 48.5 Å². The van der Waals surface area contributed by atoms with Gasteiger partial charge in [-0.15, -0.1) is 0 Å². The summed E-state index contributed by atoms with van der Waals surface area (Å²) in [4.78, 5) is 27.6. The highest BCUT2D eigenvalue weighted by atomic mass is 79.9. The molecule has 1 aliphatic heterocycles. The molecule has 0 radical (unpaired) electrons. The SMILES string of the molecule is COc1cc(OC)cc(N2C(=O)C(=O)/C(=C(\O)c3ccc(Br)c(C)c3)C2c2ccco2)c1. The molecule has 164 valence electrons. The van der Waals surface area contributed by atoms with E-state index < -0.39 is 17.7 Å². The first-order chi connectivity index (χ1) is 15.3. The van der Waals surface area contributed by atoms with Crippen LogP contribution in [-0.4, -0.2) is 31.0 Å². The fourth-order valence-corrected chi connectivity index (χ4v) is 3.94. The third kappa shape index (κ3) is 3.67. The molecule has 1 aliphatic rings. The highest BCUT2D eigenvalue weighted by molar-refractivity contribution is 9.10. The van der Waals surface area contributed by atoms with E-state index in [0.29, 0.717) is 28.5 Å². The van der Waals surface area contributed by atoms with Gasteiger partial charge < -0.3 is 19.0 Å². The number of nitrogens with zero attached hydrogens (tertiary/aromatic N) is 1. The average molecular weight is 498 g/mol. The van der Waals surface area contributed by atoms with E-state index in [1.807, 2.05) is 6.92 Å². The number of carbonyl (C=O) groups excluding carboxylic acids is 2. The zero-order valence-electron chi connectivity index (χ0n) is 17.6. The van der Waals surface area contributed by atoms with Crippen molar-refractivity contribution in [3.05, 3.63) is 81.7 Å². The van der Waals surface area contributed by atoms with E-state index in [9.17, 15) is 14.7 Å². The number of aryl methyl sites for hydroxylation is 1. The lowest BCUT2D eigenvalue weighted by Gasteiger charge is -2.24. The van der Waals surface area contributed by atoms with Crippen LogP contribution in [0.15, 0.2) is 69.3 Å². The molecule has 1 atom stereocenters. The Hall–Kier alpha value is -3.52. The quantitative estimate of drug-likeness (QED) is 0.303. The van der Waals surface area contributed by atoms with Crippen molar-refractivity contribution in [3.63, 3.8) is 0 Å². The second-order valence-corrected chi connectivity index (χ2v) is 8.07. The van der Waals surface area contributed by atoms with Crippen LogP contribution < -0.4 is 14.4 Å². The van der Waals surface area contributed by atoms with Crippen LogP contribution in [0.5, 0.6) is 11.5 Å². The molecule has 32 heavy (non-hydrogen) atoms. The smallest absolute Gasteiger partial charge is 0.300 e. The van der Waals surface area contributed by atoms with E-state index in [4.69, 9.17) is 13.9 Å². The molecule has 1 aromatic heterocycles. The predicted molar refractivity (Wildman–Crippen MR) is 122 cm³/mol. The molecule has 3 aromatic rings. The molecule has 7 nitrogen and oxygen atoms in total. The first-order valence-corrected chi connectivity index (χ1v) is 10.5. The Morgan fingerprint density at radius 3 is 2.31 bits per heavy atom. The Morgan fingerprint density at radius 1 is 1.06 bits per heavy atom. The molecule has 8 heteroatoms.